The van der Waals surface area contributed by atoms with Crippen molar-refractivity contribution in [2.24, 2.45) is 0 Å². The van der Waals surface area contributed by atoms with Crippen LogP contribution in [0.25, 0.3) is 4.83 Å². The van der Waals surface area contributed by atoms with E-state index in [-0.39, 0.29) is 0 Å². The van der Waals surface area contributed by atoms with Crippen LogP contribution in [-0.4, -0.2) is 20.7 Å². The molecule has 4 nitrogen and oxygen atoms in total. The normalized spacial score (nSPS) is 9.08. The van der Waals surface area contributed by atoms with Crippen LogP contribution in [-0.2, 0) is 4.79 Å². The van der Waals surface area contributed by atoms with Gasteiger partial charge in [-0.1, -0.05) is 0 Å². The Balaban J connectivity index is 0.000000157. The Morgan fingerprint density at radius 1 is 1.75 bits per heavy atom. The smallest absolute Gasteiger partial charge is 0.300 e. The molecule has 0 aliphatic rings. The summed E-state index contributed by atoms with van der Waals surface area (Å²) in [5.41, 5.74) is 0. The van der Waals surface area contributed by atoms with Crippen LogP contribution in [0, 0.1) is 0 Å². The van der Waals surface area contributed by atoms with Crippen LogP contribution in [0.15, 0.2) is 23.8 Å². The highest BCUT2D eigenvalue weighted by Gasteiger charge is 1.88. The second kappa shape index (κ2) is 3.87. The van der Waals surface area contributed by atoms with Crippen molar-refractivity contribution in [3.05, 3.63) is 23.8 Å². The second-order valence-corrected chi connectivity index (χ2v) is 2.96. The van der Waals surface area contributed by atoms with Crippen LogP contribution in [0.1, 0.15) is 6.92 Å². The van der Waals surface area contributed by atoms with Crippen molar-refractivity contribution in [1.29, 1.82) is 0 Å². The molecule has 2 aromatic rings. The summed E-state index contributed by atoms with van der Waals surface area (Å²) in [6.45, 7) is 1.08. The summed E-state index contributed by atoms with van der Waals surface area (Å²) in [7, 11) is 0. The van der Waals surface area contributed by atoms with Crippen LogP contribution in [0.5, 0.6) is 0 Å². The first-order valence-corrected chi connectivity index (χ1v) is 4.14. The first-order chi connectivity index (χ1) is 5.70. The second-order valence-electron chi connectivity index (χ2n) is 2.04. The fourth-order valence-electron chi connectivity index (χ4n) is 0.665. The summed E-state index contributed by atoms with van der Waals surface area (Å²) in [5, 5.41) is 13.4. The number of aromatic nitrogens is 2. The molecule has 0 bridgehead atoms. The average Bonchev–Trinajstić information content (AvgIpc) is 2.40. The number of thiazole rings is 1. The molecule has 0 saturated carbocycles. The van der Waals surface area contributed by atoms with E-state index in [1.54, 1.807) is 17.5 Å². The van der Waals surface area contributed by atoms with Gasteiger partial charge in [-0.3, -0.25) is 4.79 Å². The molecule has 0 aliphatic heterocycles. The lowest BCUT2D eigenvalue weighted by Gasteiger charge is -1.72. The van der Waals surface area contributed by atoms with E-state index < -0.39 is 5.97 Å². The maximum absolute atomic E-state index is 9.00. The van der Waals surface area contributed by atoms with Gasteiger partial charge in [-0.15, -0.1) is 11.3 Å². The molecule has 0 aliphatic carbocycles. The first kappa shape index (κ1) is 8.73. The molecular formula is C7H8N2O2S. The molecule has 64 valence electrons. The minimum Gasteiger partial charge on any atom is -0.481 e. The third-order valence-electron chi connectivity index (χ3n) is 1.02. The zero-order chi connectivity index (χ0) is 8.97. The van der Waals surface area contributed by atoms with Crippen molar-refractivity contribution >= 4 is 22.1 Å². The van der Waals surface area contributed by atoms with E-state index in [9.17, 15) is 0 Å². The van der Waals surface area contributed by atoms with Gasteiger partial charge < -0.3 is 5.11 Å². The molecule has 2 rings (SSSR count). The summed E-state index contributed by atoms with van der Waals surface area (Å²) < 4.78 is 1.85. The van der Waals surface area contributed by atoms with E-state index in [4.69, 9.17) is 9.90 Å². The number of nitrogens with zero attached hydrogens (tertiary/aromatic N) is 2. The SMILES string of the molecule is CC(=O)O.c1cc2sccn2n1. The van der Waals surface area contributed by atoms with Gasteiger partial charge in [0.1, 0.15) is 4.83 Å². The molecule has 5 heteroatoms. The first-order valence-electron chi connectivity index (χ1n) is 3.26. The maximum Gasteiger partial charge on any atom is 0.300 e. The monoisotopic (exact) mass is 184 g/mol. The number of carbonyl (C=O) groups is 1. The highest BCUT2D eigenvalue weighted by Crippen LogP contribution is 2.07. The Labute approximate surface area is 73.1 Å². The molecule has 0 unspecified atom stereocenters. The number of aliphatic carboxylic acids is 1. The largest absolute Gasteiger partial charge is 0.481 e. The number of fused-ring (bicyclic) bond motifs is 1. The van der Waals surface area contributed by atoms with E-state index in [1.165, 1.54) is 4.83 Å². The van der Waals surface area contributed by atoms with Crippen LogP contribution in [0.3, 0.4) is 0 Å². The van der Waals surface area contributed by atoms with Crippen molar-refractivity contribution in [2.75, 3.05) is 0 Å². The zero-order valence-electron chi connectivity index (χ0n) is 6.47. The molecule has 0 radical (unpaired) electrons. The summed E-state index contributed by atoms with van der Waals surface area (Å²) in [5.74, 6) is -0.833. The topological polar surface area (TPSA) is 54.6 Å². The van der Waals surface area contributed by atoms with Crippen molar-refractivity contribution in [1.82, 2.24) is 9.61 Å². The molecule has 0 amide bonds. The minimum absolute atomic E-state index is 0.833. The average molecular weight is 184 g/mol. The molecule has 2 heterocycles. The van der Waals surface area contributed by atoms with Gasteiger partial charge in [0, 0.05) is 18.5 Å². The van der Waals surface area contributed by atoms with Crippen molar-refractivity contribution < 1.29 is 9.90 Å². The summed E-state index contributed by atoms with van der Waals surface area (Å²) in [4.78, 5) is 10.2. The lowest BCUT2D eigenvalue weighted by molar-refractivity contribution is -0.134. The van der Waals surface area contributed by atoms with Crippen LogP contribution in [0.4, 0.5) is 0 Å². The van der Waals surface area contributed by atoms with Gasteiger partial charge in [-0.25, -0.2) is 4.52 Å². The van der Waals surface area contributed by atoms with Gasteiger partial charge in [0.05, 0.1) is 6.20 Å². The number of hydrogen-bond acceptors (Lipinski definition) is 3. The fourth-order valence-corrected chi connectivity index (χ4v) is 1.34. The van der Waals surface area contributed by atoms with Gasteiger partial charge >= 0.3 is 0 Å². The molecule has 0 atom stereocenters. The Hall–Kier alpha value is -1.36. The Morgan fingerprint density at radius 3 is 3.00 bits per heavy atom. The van der Waals surface area contributed by atoms with Crippen LogP contribution in [0.2, 0.25) is 0 Å². The number of hydrogen-bond donors (Lipinski definition) is 1. The van der Waals surface area contributed by atoms with E-state index in [0.29, 0.717) is 0 Å². The Kier molecular flexibility index (Phi) is 2.82. The van der Waals surface area contributed by atoms with E-state index in [2.05, 4.69) is 5.10 Å². The highest BCUT2D eigenvalue weighted by atomic mass is 32.1. The van der Waals surface area contributed by atoms with E-state index in [1.807, 2.05) is 22.2 Å². The van der Waals surface area contributed by atoms with Crippen LogP contribution >= 0.6 is 11.3 Å². The molecule has 0 aromatic carbocycles. The molecule has 12 heavy (non-hydrogen) atoms. The van der Waals surface area contributed by atoms with Crippen LogP contribution < -0.4 is 0 Å². The van der Waals surface area contributed by atoms with Gasteiger partial charge in [0.25, 0.3) is 5.97 Å². The number of carboxylic acid groups (broad SMARTS) is 1. The maximum atomic E-state index is 9.00. The molecule has 0 saturated heterocycles. The lowest BCUT2D eigenvalue weighted by atomic mass is 10.8. The summed E-state index contributed by atoms with van der Waals surface area (Å²) >= 11 is 1.69. The quantitative estimate of drug-likeness (QED) is 0.674. The Bertz CT molecular complexity index is 311. The molecule has 0 spiro atoms. The lowest BCUT2D eigenvalue weighted by Crippen LogP contribution is -1.78. The Morgan fingerprint density at radius 2 is 2.42 bits per heavy atom. The zero-order valence-corrected chi connectivity index (χ0v) is 7.28. The van der Waals surface area contributed by atoms with Gasteiger partial charge in [0.2, 0.25) is 0 Å². The fraction of sp³-hybridized carbons (Fsp3) is 0.143. The molecule has 0 fully saturated rings. The molecule has 1 N–H and O–H groups in total. The van der Waals surface area contributed by atoms with Crippen molar-refractivity contribution in [3.8, 4) is 0 Å². The van der Waals surface area contributed by atoms with Gasteiger partial charge in [-0.2, -0.15) is 5.10 Å². The molecular weight excluding hydrogens is 176 g/mol. The predicted octanol–water partition coefficient (Wildman–Crippen LogP) is 1.49. The number of rotatable bonds is 0. The number of carboxylic acids is 1. The van der Waals surface area contributed by atoms with Crippen molar-refractivity contribution in [2.45, 2.75) is 6.92 Å². The highest BCUT2D eigenvalue weighted by molar-refractivity contribution is 7.15. The van der Waals surface area contributed by atoms with Crippen molar-refractivity contribution in [3.63, 3.8) is 0 Å². The van der Waals surface area contributed by atoms with E-state index >= 15 is 0 Å². The third-order valence-corrected chi connectivity index (χ3v) is 1.85. The summed E-state index contributed by atoms with van der Waals surface area (Å²) in [6, 6.07) is 1.99. The standard InChI is InChI=1S/C5H4N2S.C2H4O2/c1-2-6-7-3-4-8-5(1)7;1-2(3)4/h1-4H;1H3,(H,3,4). The molecule has 2 aromatic heterocycles. The van der Waals surface area contributed by atoms with E-state index in [0.717, 1.165) is 6.92 Å². The minimum atomic E-state index is -0.833. The predicted molar refractivity (Wildman–Crippen MR) is 46.4 cm³/mol. The summed E-state index contributed by atoms with van der Waals surface area (Å²) in [6.07, 6.45) is 3.74. The third kappa shape index (κ3) is 2.35. The van der Waals surface area contributed by atoms with Gasteiger partial charge in [-0.05, 0) is 6.07 Å². The van der Waals surface area contributed by atoms with Gasteiger partial charge in [0.15, 0.2) is 0 Å².